The molecule has 2 rings (SSSR count). The number of hydrogen-bond acceptors (Lipinski definition) is 4. The Morgan fingerprint density at radius 1 is 1.21 bits per heavy atom. The minimum absolute atomic E-state index is 0.228. The van der Waals surface area contributed by atoms with E-state index in [0.29, 0.717) is 5.69 Å². The van der Waals surface area contributed by atoms with E-state index in [0.717, 1.165) is 4.57 Å². The molecule has 2 aromatic heterocycles. The number of nitrogen functional groups attached to an aromatic ring is 1. The number of nitrogens with two attached hydrogens (primary N) is 1. The van der Waals surface area contributed by atoms with Crippen molar-refractivity contribution in [2.75, 3.05) is 5.73 Å². The van der Waals surface area contributed by atoms with Gasteiger partial charge in [-0.2, -0.15) is 4.57 Å². The molecule has 2 aromatic rings. The average Bonchev–Trinajstić information content (AvgIpc) is 2.49. The Hall–Kier alpha value is -2.31. The fraction of sp³-hybridized carbons (Fsp3) is 0. The molecule has 7 heteroatoms. The molecule has 0 aliphatic rings. The fourth-order valence-corrected chi connectivity index (χ4v) is 1.05. The Labute approximate surface area is 77.2 Å². The summed E-state index contributed by atoms with van der Waals surface area (Å²) in [5.74, 6) is 0.228. The van der Waals surface area contributed by atoms with Crippen LogP contribution in [0.1, 0.15) is 0 Å². The molecule has 0 saturated carbocycles. The molecule has 0 bridgehead atoms. The van der Waals surface area contributed by atoms with Gasteiger partial charge in [0.15, 0.2) is 0 Å². The number of hydrogen-bond donors (Lipinski definition) is 3. The summed E-state index contributed by atoms with van der Waals surface area (Å²) >= 11 is 0. The van der Waals surface area contributed by atoms with Crippen LogP contribution in [0.25, 0.3) is 5.82 Å². The Morgan fingerprint density at radius 3 is 2.36 bits per heavy atom. The molecule has 0 saturated heterocycles. The Balaban J connectivity index is 2.66. The molecule has 0 fully saturated rings. The lowest BCUT2D eigenvalue weighted by Gasteiger charge is -1.97. The Kier molecular flexibility index (Phi) is 1.70. The molecule has 0 aliphatic heterocycles. The third-order valence-electron chi connectivity index (χ3n) is 1.68. The van der Waals surface area contributed by atoms with Gasteiger partial charge in [0.05, 0.1) is 11.9 Å². The maximum atomic E-state index is 11.1. The third kappa shape index (κ3) is 1.20. The number of nitrogens with zero attached hydrogens (tertiary/aromatic N) is 2. The first kappa shape index (κ1) is 8.30. The normalized spacial score (nSPS) is 10.3. The van der Waals surface area contributed by atoms with Gasteiger partial charge in [0.2, 0.25) is 0 Å². The van der Waals surface area contributed by atoms with Gasteiger partial charge in [0.1, 0.15) is 5.82 Å². The predicted octanol–water partition coefficient (Wildman–Crippen LogP) is -1.17. The van der Waals surface area contributed by atoms with Crippen LogP contribution in [0, 0.1) is 0 Å². The van der Waals surface area contributed by atoms with Crippen molar-refractivity contribution < 1.29 is 0 Å². The zero-order valence-corrected chi connectivity index (χ0v) is 7.02. The highest BCUT2D eigenvalue weighted by molar-refractivity contribution is 5.38. The van der Waals surface area contributed by atoms with Gasteiger partial charge in [0, 0.05) is 0 Å². The van der Waals surface area contributed by atoms with E-state index in [1.54, 1.807) is 6.07 Å². The molecule has 7 nitrogen and oxygen atoms in total. The largest absolute Gasteiger partial charge is 0.397 e. The zero-order chi connectivity index (χ0) is 10.1. The summed E-state index contributed by atoms with van der Waals surface area (Å²) in [7, 11) is 0. The topological polar surface area (TPSA) is 110 Å². The van der Waals surface area contributed by atoms with Gasteiger partial charge in [-0.15, -0.1) is 0 Å². The SMILES string of the molecule is Nc1ccc(-n2c(=O)[nH][nH]c2=O)nc1. The summed E-state index contributed by atoms with van der Waals surface area (Å²) in [5, 5.41) is 4.30. The van der Waals surface area contributed by atoms with Gasteiger partial charge in [-0.1, -0.05) is 0 Å². The predicted molar refractivity (Wildman–Crippen MR) is 49.2 cm³/mol. The van der Waals surface area contributed by atoms with E-state index < -0.39 is 11.4 Å². The highest BCUT2D eigenvalue weighted by Gasteiger charge is 2.05. The second-order valence-electron chi connectivity index (χ2n) is 2.65. The van der Waals surface area contributed by atoms with Gasteiger partial charge >= 0.3 is 11.4 Å². The number of anilines is 1. The lowest BCUT2D eigenvalue weighted by molar-refractivity contribution is 0.909. The van der Waals surface area contributed by atoms with Gasteiger partial charge < -0.3 is 5.73 Å². The molecule has 14 heavy (non-hydrogen) atoms. The first-order valence-corrected chi connectivity index (χ1v) is 3.80. The summed E-state index contributed by atoms with van der Waals surface area (Å²) in [6.45, 7) is 0. The summed E-state index contributed by atoms with van der Waals surface area (Å²) < 4.78 is 0.874. The smallest absolute Gasteiger partial charge is 0.350 e. The molecule has 4 N–H and O–H groups in total. The standard InChI is InChI=1S/C7H7N5O2/c8-4-1-2-5(9-3-4)12-6(13)10-11-7(12)14/h1-3H,8H2,(H,10,13)(H,11,14). The van der Waals surface area contributed by atoms with Gasteiger partial charge in [0.25, 0.3) is 0 Å². The molecular formula is C7H7N5O2. The molecule has 2 heterocycles. The summed E-state index contributed by atoms with van der Waals surface area (Å²) in [4.78, 5) is 26.1. The third-order valence-corrected chi connectivity index (χ3v) is 1.68. The van der Waals surface area contributed by atoms with Crippen molar-refractivity contribution in [3.05, 3.63) is 39.3 Å². The number of nitrogens with one attached hydrogen (secondary N) is 2. The summed E-state index contributed by atoms with van der Waals surface area (Å²) in [6.07, 6.45) is 1.37. The van der Waals surface area contributed by atoms with Gasteiger partial charge in [-0.05, 0) is 12.1 Å². The fourth-order valence-electron chi connectivity index (χ4n) is 1.05. The van der Waals surface area contributed by atoms with E-state index in [1.165, 1.54) is 12.3 Å². The number of pyridine rings is 1. The van der Waals surface area contributed by atoms with E-state index in [9.17, 15) is 9.59 Å². The molecule has 72 valence electrons. The number of aromatic amines is 2. The minimum Gasteiger partial charge on any atom is -0.397 e. The lowest BCUT2D eigenvalue weighted by atomic mass is 10.4. The van der Waals surface area contributed by atoms with Crippen LogP contribution in [-0.4, -0.2) is 19.7 Å². The Bertz CT molecular complexity index is 519. The van der Waals surface area contributed by atoms with Gasteiger partial charge in [-0.25, -0.2) is 24.8 Å². The van der Waals surface area contributed by atoms with Crippen LogP contribution in [0.15, 0.2) is 27.9 Å². The van der Waals surface area contributed by atoms with Crippen molar-refractivity contribution in [2.24, 2.45) is 0 Å². The van der Waals surface area contributed by atoms with Crippen molar-refractivity contribution >= 4 is 5.69 Å². The number of rotatable bonds is 1. The maximum Gasteiger partial charge on any atom is 0.350 e. The first-order chi connectivity index (χ1) is 6.68. The second-order valence-corrected chi connectivity index (χ2v) is 2.65. The molecule has 0 aromatic carbocycles. The van der Waals surface area contributed by atoms with E-state index in [1.807, 2.05) is 0 Å². The van der Waals surface area contributed by atoms with Crippen molar-refractivity contribution in [3.8, 4) is 5.82 Å². The van der Waals surface area contributed by atoms with Crippen LogP contribution in [0.5, 0.6) is 0 Å². The lowest BCUT2D eigenvalue weighted by Crippen LogP contribution is -2.25. The minimum atomic E-state index is -0.563. The molecule has 0 spiro atoms. The van der Waals surface area contributed by atoms with E-state index in [-0.39, 0.29) is 5.82 Å². The van der Waals surface area contributed by atoms with E-state index >= 15 is 0 Å². The number of aromatic nitrogens is 4. The quantitative estimate of drug-likeness (QED) is 0.530. The van der Waals surface area contributed by atoms with Crippen LogP contribution in [-0.2, 0) is 0 Å². The molecular weight excluding hydrogens is 186 g/mol. The zero-order valence-electron chi connectivity index (χ0n) is 7.02. The highest BCUT2D eigenvalue weighted by Crippen LogP contribution is 2.01. The molecule has 0 aliphatic carbocycles. The van der Waals surface area contributed by atoms with Gasteiger partial charge in [-0.3, -0.25) is 0 Å². The molecule has 0 radical (unpaired) electrons. The molecule has 0 amide bonds. The van der Waals surface area contributed by atoms with E-state index in [2.05, 4.69) is 15.2 Å². The summed E-state index contributed by atoms with van der Waals surface area (Å²) in [6, 6.07) is 3.04. The highest BCUT2D eigenvalue weighted by atomic mass is 16.2. The van der Waals surface area contributed by atoms with Crippen LogP contribution < -0.4 is 17.1 Å². The van der Waals surface area contributed by atoms with Crippen LogP contribution >= 0.6 is 0 Å². The molecule has 0 atom stereocenters. The Morgan fingerprint density at radius 2 is 1.86 bits per heavy atom. The maximum absolute atomic E-state index is 11.1. The first-order valence-electron chi connectivity index (χ1n) is 3.80. The molecule has 0 unspecified atom stereocenters. The van der Waals surface area contributed by atoms with Crippen LogP contribution in [0.2, 0.25) is 0 Å². The van der Waals surface area contributed by atoms with Crippen molar-refractivity contribution in [1.82, 2.24) is 19.7 Å². The number of H-pyrrole nitrogens is 2. The van der Waals surface area contributed by atoms with Crippen LogP contribution in [0.3, 0.4) is 0 Å². The average molecular weight is 193 g/mol. The van der Waals surface area contributed by atoms with Crippen LogP contribution in [0.4, 0.5) is 5.69 Å². The summed E-state index contributed by atoms with van der Waals surface area (Å²) in [5.41, 5.74) is 4.75. The van der Waals surface area contributed by atoms with E-state index in [4.69, 9.17) is 5.73 Å². The van der Waals surface area contributed by atoms with Crippen molar-refractivity contribution in [2.45, 2.75) is 0 Å². The van der Waals surface area contributed by atoms with Crippen molar-refractivity contribution in [3.63, 3.8) is 0 Å². The van der Waals surface area contributed by atoms with Crippen molar-refractivity contribution in [1.29, 1.82) is 0 Å². The second kappa shape index (κ2) is 2.87. The monoisotopic (exact) mass is 193 g/mol.